The van der Waals surface area contributed by atoms with E-state index < -0.39 is 12.5 Å². The van der Waals surface area contributed by atoms with Crippen LogP contribution in [0.25, 0.3) is 0 Å². The van der Waals surface area contributed by atoms with Crippen LogP contribution in [0.5, 0.6) is 11.5 Å². The van der Waals surface area contributed by atoms with Crippen LogP contribution in [-0.4, -0.2) is 32.1 Å². The topological polar surface area (TPSA) is 98.0 Å². The number of alkyl halides is 2. The zero-order valence-corrected chi connectivity index (χ0v) is 15.3. The molecule has 150 valence electrons. The molecule has 0 heterocycles. The molecule has 7 nitrogen and oxygen atoms in total. The summed E-state index contributed by atoms with van der Waals surface area (Å²) in [6.07, 6.45) is 0. The molecule has 2 rings (SSSR count). The van der Waals surface area contributed by atoms with E-state index in [1.165, 1.54) is 6.07 Å². The number of hydrogen-bond donors (Lipinski definition) is 3. The molecular weight excluding hydrogens is 370 g/mol. The van der Waals surface area contributed by atoms with Gasteiger partial charge in [-0.2, -0.15) is 8.78 Å². The Labute approximate surface area is 161 Å². The number of para-hydroxylation sites is 1. The number of primary amides is 1. The van der Waals surface area contributed by atoms with E-state index in [2.05, 4.69) is 20.4 Å². The predicted molar refractivity (Wildman–Crippen MR) is 101 cm³/mol. The number of rotatable bonds is 9. The summed E-state index contributed by atoms with van der Waals surface area (Å²) >= 11 is 0. The number of carbonyl (C=O) groups is 1. The number of benzene rings is 2. The van der Waals surface area contributed by atoms with Crippen molar-refractivity contribution in [1.29, 1.82) is 0 Å². The summed E-state index contributed by atoms with van der Waals surface area (Å²) < 4.78 is 34.8. The lowest BCUT2D eigenvalue weighted by Crippen LogP contribution is -2.36. The van der Waals surface area contributed by atoms with Crippen LogP contribution in [0, 0.1) is 0 Å². The third-order valence-corrected chi connectivity index (χ3v) is 3.60. The highest BCUT2D eigenvalue weighted by Gasteiger charge is 2.09. The summed E-state index contributed by atoms with van der Waals surface area (Å²) in [6.45, 7) is -2.39. The van der Waals surface area contributed by atoms with Crippen molar-refractivity contribution in [3.63, 3.8) is 0 Å². The molecule has 0 spiro atoms. The third kappa shape index (κ3) is 7.10. The first-order chi connectivity index (χ1) is 13.5. The van der Waals surface area contributed by atoms with Crippen molar-refractivity contribution in [1.82, 2.24) is 10.6 Å². The van der Waals surface area contributed by atoms with Gasteiger partial charge in [0.25, 0.3) is 5.91 Å². The fraction of sp³-hybridized carbons (Fsp3) is 0.263. The maximum Gasteiger partial charge on any atom is 0.387 e. The van der Waals surface area contributed by atoms with Crippen LogP contribution >= 0.6 is 0 Å². The fourth-order valence-corrected chi connectivity index (χ4v) is 2.35. The molecule has 4 N–H and O–H groups in total. The lowest BCUT2D eigenvalue weighted by molar-refractivity contribution is -0.119. The average Bonchev–Trinajstić information content (AvgIpc) is 2.67. The fourth-order valence-electron chi connectivity index (χ4n) is 2.35. The van der Waals surface area contributed by atoms with Crippen molar-refractivity contribution in [2.24, 2.45) is 10.7 Å². The normalized spacial score (nSPS) is 11.2. The second kappa shape index (κ2) is 10.7. The Morgan fingerprint density at radius 2 is 1.89 bits per heavy atom. The molecule has 0 saturated carbocycles. The highest BCUT2D eigenvalue weighted by atomic mass is 19.3. The van der Waals surface area contributed by atoms with Crippen molar-refractivity contribution in [3.05, 3.63) is 59.7 Å². The van der Waals surface area contributed by atoms with Crippen LogP contribution in [0.3, 0.4) is 0 Å². The highest BCUT2D eigenvalue weighted by molar-refractivity contribution is 5.79. The third-order valence-electron chi connectivity index (χ3n) is 3.60. The van der Waals surface area contributed by atoms with E-state index in [-0.39, 0.29) is 18.9 Å². The van der Waals surface area contributed by atoms with E-state index in [9.17, 15) is 13.6 Å². The van der Waals surface area contributed by atoms with Crippen molar-refractivity contribution >= 4 is 11.9 Å². The molecule has 0 aliphatic rings. The summed E-state index contributed by atoms with van der Waals surface area (Å²) in [7, 11) is 1.60. The van der Waals surface area contributed by atoms with Gasteiger partial charge in [-0.25, -0.2) is 0 Å². The van der Waals surface area contributed by atoms with Gasteiger partial charge in [-0.1, -0.05) is 30.3 Å². The number of nitrogens with two attached hydrogens (primary N) is 1. The van der Waals surface area contributed by atoms with Gasteiger partial charge >= 0.3 is 6.61 Å². The van der Waals surface area contributed by atoms with Crippen LogP contribution < -0.4 is 25.8 Å². The summed E-state index contributed by atoms with van der Waals surface area (Å²) in [5.74, 6) is 0.568. The van der Waals surface area contributed by atoms with Crippen LogP contribution in [0.4, 0.5) is 8.78 Å². The molecule has 0 fully saturated rings. The Balaban J connectivity index is 1.90. The van der Waals surface area contributed by atoms with E-state index in [4.69, 9.17) is 10.5 Å². The molecule has 0 unspecified atom stereocenters. The van der Waals surface area contributed by atoms with Crippen LogP contribution in [0.15, 0.2) is 53.5 Å². The molecule has 0 aliphatic heterocycles. The van der Waals surface area contributed by atoms with Gasteiger partial charge in [0.2, 0.25) is 0 Å². The number of ether oxygens (including phenoxy) is 2. The van der Waals surface area contributed by atoms with Gasteiger partial charge in [0, 0.05) is 25.7 Å². The number of guanidine groups is 1. The van der Waals surface area contributed by atoms with E-state index in [0.717, 1.165) is 5.56 Å². The first-order valence-corrected chi connectivity index (χ1v) is 8.45. The first-order valence-electron chi connectivity index (χ1n) is 8.45. The smallest absolute Gasteiger partial charge is 0.387 e. The minimum atomic E-state index is -2.89. The molecule has 0 saturated heterocycles. The molecule has 1 amide bonds. The molecule has 0 aliphatic carbocycles. The van der Waals surface area contributed by atoms with E-state index >= 15 is 0 Å². The monoisotopic (exact) mass is 392 g/mol. The summed E-state index contributed by atoms with van der Waals surface area (Å²) in [5, 5.41) is 6.16. The van der Waals surface area contributed by atoms with Gasteiger partial charge in [-0.05, 0) is 23.8 Å². The van der Waals surface area contributed by atoms with E-state index in [0.29, 0.717) is 23.8 Å². The maximum atomic E-state index is 12.5. The number of amides is 1. The molecule has 0 atom stereocenters. The minimum absolute atomic E-state index is 0.111. The number of hydrogen-bond acceptors (Lipinski definition) is 4. The second-order valence-electron chi connectivity index (χ2n) is 5.67. The Morgan fingerprint density at radius 1 is 1.14 bits per heavy atom. The van der Waals surface area contributed by atoms with Crippen LogP contribution in [0.2, 0.25) is 0 Å². The number of halogens is 2. The molecule has 2 aromatic carbocycles. The van der Waals surface area contributed by atoms with Gasteiger partial charge in [0.05, 0.1) is 0 Å². The molecule has 2 aromatic rings. The SMILES string of the molecule is CN=C(NCc1cccc(OCC(N)=O)c1)NCc1ccccc1OC(F)F. The van der Waals surface area contributed by atoms with Crippen LogP contribution in [-0.2, 0) is 17.9 Å². The van der Waals surface area contributed by atoms with Gasteiger partial charge < -0.3 is 25.8 Å². The van der Waals surface area contributed by atoms with Gasteiger partial charge in [-0.15, -0.1) is 0 Å². The van der Waals surface area contributed by atoms with Gasteiger partial charge in [0.15, 0.2) is 12.6 Å². The van der Waals surface area contributed by atoms with Crippen molar-refractivity contribution in [2.45, 2.75) is 19.7 Å². The Morgan fingerprint density at radius 3 is 2.61 bits per heavy atom. The number of carbonyl (C=O) groups excluding carboxylic acids is 1. The van der Waals surface area contributed by atoms with Gasteiger partial charge in [0.1, 0.15) is 11.5 Å². The Bertz CT molecular complexity index is 815. The molecule has 28 heavy (non-hydrogen) atoms. The van der Waals surface area contributed by atoms with Crippen molar-refractivity contribution in [2.75, 3.05) is 13.7 Å². The van der Waals surface area contributed by atoms with Crippen molar-refractivity contribution < 1.29 is 23.0 Å². The lowest BCUT2D eigenvalue weighted by Gasteiger charge is -2.15. The second-order valence-corrected chi connectivity index (χ2v) is 5.67. The largest absolute Gasteiger partial charge is 0.484 e. The van der Waals surface area contributed by atoms with E-state index in [1.807, 2.05) is 6.07 Å². The first kappa shape index (κ1) is 20.9. The Hall–Kier alpha value is -3.36. The summed E-state index contributed by atoms with van der Waals surface area (Å²) in [4.78, 5) is 14.9. The number of nitrogens with zero attached hydrogens (tertiary/aromatic N) is 1. The molecule has 9 heteroatoms. The average molecular weight is 392 g/mol. The maximum absolute atomic E-state index is 12.5. The number of aliphatic imine (C=N–C) groups is 1. The summed E-state index contributed by atoms with van der Waals surface area (Å²) in [5.41, 5.74) is 6.53. The molecule has 0 radical (unpaired) electrons. The quantitative estimate of drug-likeness (QED) is 0.448. The minimum Gasteiger partial charge on any atom is -0.484 e. The molecule has 0 bridgehead atoms. The lowest BCUT2D eigenvalue weighted by atomic mass is 10.2. The predicted octanol–water partition coefficient (Wildman–Crippen LogP) is 2.02. The molecule has 0 aromatic heterocycles. The van der Waals surface area contributed by atoms with Crippen molar-refractivity contribution in [3.8, 4) is 11.5 Å². The highest BCUT2D eigenvalue weighted by Crippen LogP contribution is 2.20. The molecular formula is C19H22F2N4O3. The summed E-state index contributed by atoms with van der Waals surface area (Å²) in [6, 6.07) is 13.7. The zero-order chi connectivity index (χ0) is 20.4. The zero-order valence-electron chi connectivity index (χ0n) is 15.3. The Kier molecular flexibility index (Phi) is 8.01. The van der Waals surface area contributed by atoms with E-state index in [1.54, 1.807) is 43.4 Å². The number of nitrogens with one attached hydrogen (secondary N) is 2. The van der Waals surface area contributed by atoms with Crippen LogP contribution in [0.1, 0.15) is 11.1 Å². The van der Waals surface area contributed by atoms with Gasteiger partial charge in [-0.3, -0.25) is 9.79 Å². The standard InChI is InChI=1S/C19H22F2N4O3/c1-23-19(25-11-14-6-2-3-8-16(14)28-18(20)21)24-10-13-5-4-7-15(9-13)27-12-17(22)26/h2-9,18H,10-12H2,1H3,(H2,22,26)(H2,23,24,25).